The minimum absolute atomic E-state index is 0.0340. The lowest BCUT2D eigenvalue weighted by atomic mass is 10.0. The molecule has 8 heteroatoms. The van der Waals surface area contributed by atoms with Crippen molar-refractivity contribution in [2.24, 2.45) is 4.99 Å². The van der Waals surface area contributed by atoms with Crippen molar-refractivity contribution in [1.82, 2.24) is 15.4 Å². The quantitative estimate of drug-likeness (QED) is 0.672. The van der Waals surface area contributed by atoms with Gasteiger partial charge in [-0.15, -0.1) is 0 Å². The van der Waals surface area contributed by atoms with Crippen LogP contribution in [0.3, 0.4) is 0 Å². The van der Waals surface area contributed by atoms with Gasteiger partial charge in [0, 0.05) is 30.6 Å². The van der Waals surface area contributed by atoms with Crippen LogP contribution in [0.2, 0.25) is 0 Å². The first-order valence-electron chi connectivity index (χ1n) is 8.65. The normalized spacial score (nSPS) is 26.0. The van der Waals surface area contributed by atoms with Crippen LogP contribution in [0, 0.1) is 0 Å². The summed E-state index contributed by atoms with van der Waals surface area (Å²) in [6.45, 7) is 3.45. The van der Waals surface area contributed by atoms with Crippen LogP contribution in [0.15, 0.2) is 34.2 Å². The molecule has 0 saturated carbocycles. The molecule has 1 amide bonds. The van der Waals surface area contributed by atoms with E-state index in [0.29, 0.717) is 36.8 Å². The van der Waals surface area contributed by atoms with Crippen molar-refractivity contribution < 1.29 is 13.2 Å². The summed E-state index contributed by atoms with van der Waals surface area (Å²) in [7, 11) is -3.50. The van der Waals surface area contributed by atoms with Gasteiger partial charge in [-0.25, -0.2) is 8.42 Å². The number of hydrogen-bond donors (Lipinski definition) is 3. The molecule has 136 valence electrons. The highest BCUT2D eigenvalue weighted by Crippen LogP contribution is 2.22. The molecule has 0 aliphatic carbocycles. The van der Waals surface area contributed by atoms with Crippen molar-refractivity contribution in [1.29, 1.82) is 0 Å². The minimum atomic E-state index is -3.50. The number of amidine groups is 1. The fourth-order valence-corrected chi connectivity index (χ4v) is 4.50. The Hall–Kier alpha value is -1.93. The Kier molecular flexibility index (Phi) is 5.39. The van der Waals surface area contributed by atoms with Gasteiger partial charge in [0.15, 0.2) is 0 Å². The van der Waals surface area contributed by atoms with Gasteiger partial charge >= 0.3 is 0 Å². The van der Waals surface area contributed by atoms with Gasteiger partial charge in [-0.3, -0.25) is 14.5 Å². The predicted octanol–water partition coefficient (Wildman–Crippen LogP) is 0.762. The SMILES string of the molecule is CC1CC(NC(=O)CCCN=C2NS(=O)(=O)c3ccccc32)CCN1. The van der Waals surface area contributed by atoms with Crippen LogP contribution in [-0.2, 0) is 14.8 Å². The molecule has 1 saturated heterocycles. The maximum atomic E-state index is 12.0. The zero-order valence-electron chi connectivity index (χ0n) is 14.3. The lowest BCUT2D eigenvalue weighted by molar-refractivity contribution is -0.122. The highest BCUT2D eigenvalue weighted by atomic mass is 32.2. The van der Waals surface area contributed by atoms with E-state index in [4.69, 9.17) is 0 Å². The Morgan fingerprint density at radius 1 is 1.36 bits per heavy atom. The van der Waals surface area contributed by atoms with E-state index in [-0.39, 0.29) is 16.8 Å². The summed E-state index contributed by atoms with van der Waals surface area (Å²) in [5.74, 6) is 0.398. The van der Waals surface area contributed by atoms with E-state index in [1.54, 1.807) is 24.3 Å². The van der Waals surface area contributed by atoms with E-state index >= 15 is 0 Å². The van der Waals surface area contributed by atoms with Crippen molar-refractivity contribution in [2.45, 2.75) is 49.6 Å². The predicted molar refractivity (Wildman–Crippen MR) is 96.0 cm³/mol. The molecule has 1 fully saturated rings. The molecule has 2 aliphatic heterocycles. The smallest absolute Gasteiger partial charge is 0.263 e. The lowest BCUT2D eigenvalue weighted by Gasteiger charge is -2.28. The summed E-state index contributed by atoms with van der Waals surface area (Å²) in [4.78, 5) is 16.6. The second-order valence-electron chi connectivity index (χ2n) is 6.58. The van der Waals surface area contributed by atoms with Gasteiger partial charge in [0.05, 0.1) is 4.90 Å². The molecule has 2 aliphatic rings. The minimum Gasteiger partial charge on any atom is -0.353 e. The maximum Gasteiger partial charge on any atom is 0.263 e. The number of piperidine rings is 1. The van der Waals surface area contributed by atoms with Gasteiger partial charge in [-0.2, -0.15) is 0 Å². The first kappa shape index (κ1) is 17.9. The zero-order chi connectivity index (χ0) is 17.9. The summed E-state index contributed by atoms with van der Waals surface area (Å²) >= 11 is 0. The Bertz CT molecular complexity index is 776. The van der Waals surface area contributed by atoms with Gasteiger partial charge in [0.2, 0.25) is 5.91 Å². The molecule has 0 spiro atoms. The van der Waals surface area contributed by atoms with E-state index in [9.17, 15) is 13.2 Å². The van der Waals surface area contributed by atoms with Gasteiger partial charge in [-0.05, 0) is 44.9 Å². The maximum absolute atomic E-state index is 12.0. The van der Waals surface area contributed by atoms with Crippen LogP contribution in [0.5, 0.6) is 0 Å². The third-order valence-electron chi connectivity index (χ3n) is 4.48. The summed E-state index contributed by atoms with van der Waals surface area (Å²) in [6, 6.07) is 7.44. The molecule has 2 unspecified atom stereocenters. The molecule has 0 bridgehead atoms. The molecule has 0 aromatic heterocycles. The third kappa shape index (κ3) is 4.38. The Morgan fingerprint density at radius 2 is 2.16 bits per heavy atom. The van der Waals surface area contributed by atoms with E-state index in [1.165, 1.54) is 0 Å². The molecule has 2 atom stereocenters. The van der Waals surface area contributed by atoms with Crippen molar-refractivity contribution in [3.8, 4) is 0 Å². The van der Waals surface area contributed by atoms with Crippen LogP contribution in [-0.4, -0.2) is 45.3 Å². The van der Waals surface area contributed by atoms with Crippen LogP contribution < -0.4 is 15.4 Å². The number of benzene rings is 1. The molecule has 1 aromatic rings. The molecule has 1 aromatic carbocycles. The van der Waals surface area contributed by atoms with E-state index < -0.39 is 10.0 Å². The first-order chi connectivity index (χ1) is 12.0. The van der Waals surface area contributed by atoms with Crippen LogP contribution >= 0.6 is 0 Å². The van der Waals surface area contributed by atoms with E-state index in [0.717, 1.165) is 19.4 Å². The van der Waals surface area contributed by atoms with Crippen molar-refractivity contribution >= 4 is 21.8 Å². The number of sulfonamides is 1. The number of carbonyl (C=O) groups excluding carboxylic acids is 1. The van der Waals surface area contributed by atoms with Crippen molar-refractivity contribution in [3.05, 3.63) is 29.8 Å². The molecule has 7 nitrogen and oxygen atoms in total. The van der Waals surface area contributed by atoms with Gasteiger partial charge in [-0.1, -0.05) is 12.1 Å². The van der Waals surface area contributed by atoms with Crippen LogP contribution in [0.25, 0.3) is 0 Å². The number of fused-ring (bicyclic) bond motifs is 1. The molecule has 0 radical (unpaired) electrons. The lowest BCUT2D eigenvalue weighted by Crippen LogP contribution is -2.46. The van der Waals surface area contributed by atoms with Gasteiger partial charge < -0.3 is 10.6 Å². The van der Waals surface area contributed by atoms with Crippen LogP contribution in [0.4, 0.5) is 0 Å². The number of nitrogens with one attached hydrogen (secondary N) is 3. The molecule has 3 N–H and O–H groups in total. The van der Waals surface area contributed by atoms with Crippen molar-refractivity contribution in [3.63, 3.8) is 0 Å². The number of rotatable bonds is 5. The van der Waals surface area contributed by atoms with Gasteiger partial charge in [0.1, 0.15) is 5.84 Å². The van der Waals surface area contributed by atoms with E-state index in [2.05, 4.69) is 27.3 Å². The second kappa shape index (κ2) is 7.53. The molecule has 25 heavy (non-hydrogen) atoms. The first-order valence-corrected chi connectivity index (χ1v) is 10.1. The van der Waals surface area contributed by atoms with Gasteiger partial charge in [0.25, 0.3) is 10.0 Å². The van der Waals surface area contributed by atoms with E-state index in [1.807, 2.05) is 0 Å². The monoisotopic (exact) mass is 364 g/mol. The Labute approximate surface area is 148 Å². The number of carbonyl (C=O) groups is 1. The molecular formula is C17H24N4O3S. The summed E-state index contributed by atoms with van der Waals surface area (Å²) in [6.07, 6.45) is 2.88. The van der Waals surface area contributed by atoms with Crippen molar-refractivity contribution in [2.75, 3.05) is 13.1 Å². The fraction of sp³-hybridized carbons (Fsp3) is 0.529. The third-order valence-corrected chi connectivity index (χ3v) is 5.88. The van der Waals surface area contributed by atoms with Crippen LogP contribution in [0.1, 0.15) is 38.2 Å². The molecule has 2 heterocycles. The number of hydrogen-bond acceptors (Lipinski definition) is 5. The number of aliphatic imine (C=N–C) groups is 1. The molecule has 3 rings (SSSR count). The molecular weight excluding hydrogens is 340 g/mol. The topological polar surface area (TPSA) is 99.7 Å². The summed E-state index contributed by atoms with van der Waals surface area (Å²) < 4.78 is 26.5. The Balaban J connectivity index is 1.48. The average Bonchev–Trinajstić information content (AvgIpc) is 2.83. The number of amides is 1. The zero-order valence-corrected chi connectivity index (χ0v) is 15.1. The Morgan fingerprint density at radius 3 is 2.96 bits per heavy atom. The highest BCUT2D eigenvalue weighted by molar-refractivity contribution is 7.90. The number of nitrogens with zero attached hydrogens (tertiary/aromatic N) is 1. The largest absolute Gasteiger partial charge is 0.353 e. The average molecular weight is 364 g/mol. The highest BCUT2D eigenvalue weighted by Gasteiger charge is 2.29. The second-order valence-corrected chi connectivity index (χ2v) is 8.23. The standard InChI is InChI=1S/C17H24N4O3S/c1-12-11-13(8-10-18-12)20-16(22)7-4-9-19-17-14-5-2-3-6-15(14)25(23,24)21-17/h2-3,5-6,12-13,18H,4,7-11H2,1H3,(H,19,21)(H,20,22). The summed E-state index contributed by atoms with van der Waals surface area (Å²) in [5, 5.41) is 6.43. The summed E-state index contributed by atoms with van der Waals surface area (Å²) in [5.41, 5.74) is 0.593. The fourth-order valence-electron chi connectivity index (χ4n) is 3.24.